The lowest BCUT2D eigenvalue weighted by atomic mass is 10.1. The molecule has 0 aliphatic carbocycles. The lowest BCUT2D eigenvalue weighted by molar-refractivity contribution is -0.141. The van der Waals surface area contributed by atoms with Crippen molar-refractivity contribution in [2.75, 3.05) is 7.05 Å². The lowest BCUT2D eigenvalue weighted by Gasteiger charge is -2.21. The van der Waals surface area contributed by atoms with Gasteiger partial charge in [0.05, 0.1) is 24.7 Å². The molecule has 9 heteroatoms. The van der Waals surface area contributed by atoms with Crippen molar-refractivity contribution >= 4 is 5.91 Å². The van der Waals surface area contributed by atoms with Gasteiger partial charge < -0.3 is 4.90 Å². The van der Waals surface area contributed by atoms with Gasteiger partial charge in [-0.15, -0.1) is 0 Å². The van der Waals surface area contributed by atoms with Gasteiger partial charge >= 0.3 is 6.18 Å². The number of aryl methyl sites for hydroxylation is 2. The second kappa shape index (κ2) is 6.66. The fourth-order valence-corrected chi connectivity index (χ4v) is 2.42. The smallest absolute Gasteiger partial charge is 0.340 e. The van der Waals surface area contributed by atoms with Crippen LogP contribution in [0, 0.1) is 12.8 Å². The van der Waals surface area contributed by atoms with Crippen molar-refractivity contribution in [2.24, 2.45) is 13.0 Å². The monoisotopic (exact) mass is 343 g/mol. The third kappa shape index (κ3) is 3.95. The van der Waals surface area contributed by atoms with Crippen molar-refractivity contribution in [3.8, 4) is 0 Å². The number of halogens is 3. The zero-order valence-corrected chi connectivity index (χ0v) is 14.0. The minimum atomic E-state index is -4.49. The van der Waals surface area contributed by atoms with E-state index in [9.17, 15) is 18.0 Å². The van der Waals surface area contributed by atoms with Crippen molar-refractivity contribution in [2.45, 2.75) is 33.1 Å². The number of carbonyl (C=O) groups excluding carboxylic acids is 1. The summed E-state index contributed by atoms with van der Waals surface area (Å²) < 4.78 is 41.0. The van der Waals surface area contributed by atoms with Gasteiger partial charge in [0.25, 0.3) is 0 Å². The first kappa shape index (κ1) is 18.0. The van der Waals surface area contributed by atoms with Crippen molar-refractivity contribution < 1.29 is 18.0 Å². The average Bonchev–Trinajstić information content (AvgIpc) is 3.05. The summed E-state index contributed by atoms with van der Waals surface area (Å²) in [5.74, 6) is -0.664. The van der Waals surface area contributed by atoms with Gasteiger partial charge in [0.1, 0.15) is 0 Å². The number of hydrogen-bond acceptors (Lipinski definition) is 3. The van der Waals surface area contributed by atoms with Gasteiger partial charge in [0.2, 0.25) is 5.91 Å². The number of nitrogens with zero attached hydrogens (tertiary/aromatic N) is 5. The summed E-state index contributed by atoms with van der Waals surface area (Å²) >= 11 is 0. The van der Waals surface area contributed by atoms with E-state index in [1.807, 2.05) is 6.07 Å². The minimum absolute atomic E-state index is 0.0937. The standard InChI is InChI=1S/C15H20F3N5O/c1-10(8-23-11(2)7-13(20-23)15(16,17)18)14(24)21(3)9-12-5-6-19-22(12)4/h5-7,10H,8-9H2,1-4H3. The molecule has 0 spiro atoms. The van der Waals surface area contributed by atoms with Crippen molar-refractivity contribution in [1.82, 2.24) is 24.5 Å². The van der Waals surface area contributed by atoms with E-state index in [0.717, 1.165) is 11.8 Å². The molecular formula is C15H20F3N5O. The zero-order chi connectivity index (χ0) is 18.1. The van der Waals surface area contributed by atoms with E-state index in [2.05, 4.69) is 10.2 Å². The Labute approximate surface area is 137 Å². The number of alkyl halides is 3. The summed E-state index contributed by atoms with van der Waals surface area (Å²) in [4.78, 5) is 14.0. The normalized spacial score (nSPS) is 13.1. The first-order chi connectivity index (χ1) is 11.1. The van der Waals surface area contributed by atoms with Gasteiger partial charge in [0.15, 0.2) is 5.69 Å². The Kier molecular flexibility index (Phi) is 5.00. The number of aromatic nitrogens is 4. The predicted molar refractivity (Wildman–Crippen MR) is 80.8 cm³/mol. The van der Waals surface area contributed by atoms with E-state index in [1.165, 1.54) is 9.58 Å². The van der Waals surface area contributed by atoms with Gasteiger partial charge in [-0.3, -0.25) is 14.2 Å². The molecule has 0 aromatic carbocycles. The summed E-state index contributed by atoms with van der Waals surface area (Å²) in [6.07, 6.45) is -2.84. The first-order valence-electron chi connectivity index (χ1n) is 7.43. The van der Waals surface area contributed by atoms with Crippen LogP contribution in [-0.4, -0.2) is 37.4 Å². The Morgan fingerprint density at radius 3 is 2.58 bits per heavy atom. The molecule has 1 amide bonds. The predicted octanol–water partition coefficient (Wildman–Crippen LogP) is 2.24. The molecule has 0 saturated heterocycles. The zero-order valence-electron chi connectivity index (χ0n) is 14.0. The van der Waals surface area contributed by atoms with Crippen molar-refractivity contribution in [3.63, 3.8) is 0 Å². The molecule has 0 radical (unpaired) electrons. The molecule has 1 atom stereocenters. The van der Waals surface area contributed by atoms with Crippen LogP contribution in [0.2, 0.25) is 0 Å². The molecule has 0 bridgehead atoms. The SMILES string of the molecule is Cc1cc(C(F)(F)F)nn1CC(C)C(=O)N(C)Cc1ccnn1C. The fraction of sp³-hybridized carbons (Fsp3) is 0.533. The minimum Gasteiger partial charge on any atom is -0.340 e. The van der Waals surface area contributed by atoms with Crippen molar-refractivity contribution in [1.29, 1.82) is 0 Å². The molecular weight excluding hydrogens is 323 g/mol. The highest BCUT2D eigenvalue weighted by atomic mass is 19.4. The van der Waals surface area contributed by atoms with Crippen LogP contribution in [0.5, 0.6) is 0 Å². The molecule has 0 fully saturated rings. The first-order valence-corrected chi connectivity index (χ1v) is 7.43. The highest BCUT2D eigenvalue weighted by molar-refractivity contribution is 5.78. The van der Waals surface area contributed by atoms with Gasteiger partial charge in [0, 0.05) is 26.0 Å². The number of carbonyl (C=O) groups is 1. The van der Waals surface area contributed by atoms with Crippen LogP contribution in [0.15, 0.2) is 18.3 Å². The Morgan fingerprint density at radius 2 is 2.08 bits per heavy atom. The number of hydrogen-bond donors (Lipinski definition) is 0. The van der Waals surface area contributed by atoms with E-state index < -0.39 is 17.8 Å². The van der Waals surface area contributed by atoms with Gasteiger partial charge in [-0.1, -0.05) is 6.92 Å². The van der Waals surface area contributed by atoms with E-state index in [0.29, 0.717) is 12.2 Å². The Morgan fingerprint density at radius 1 is 1.42 bits per heavy atom. The van der Waals surface area contributed by atoms with E-state index >= 15 is 0 Å². The average molecular weight is 343 g/mol. The van der Waals surface area contributed by atoms with Crippen LogP contribution in [-0.2, 0) is 31.1 Å². The summed E-state index contributed by atoms with van der Waals surface area (Å²) in [6.45, 7) is 3.69. The van der Waals surface area contributed by atoms with Crippen LogP contribution in [0.25, 0.3) is 0 Å². The summed E-state index contributed by atoms with van der Waals surface area (Å²) in [7, 11) is 3.44. The molecule has 0 aliphatic rings. The van der Waals surface area contributed by atoms with Crippen LogP contribution in [0.1, 0.15) is 24.0 Å². The Balaban J connectivity index is 2.03. The van der Waals surface area contributed by atoms with Gasteiger partial charge in [-0.25, -0.2) is 0 Å². The summed E-state index contributed by atoms with van der Waals surface area (Å²) in [6, 6.07) is 2.79. The second-order valence-electron chi connectivity index (χ2n) is 5.89. The molecule has 2 rings (SSSR count). The lowest BCUT2D eigenvalue weighted by Crippen LogP contribution is -2.34. The van der Waals surface area contributed by atoms with Gasteiger partial charge in [-0.2, -0.15) is 23.4 Å². The quantitative estimate of drug-likeness (QED) is 0.837. The molecule has 1 unspecified atom stereocenters. The van der Waals surface area contributed by atoms with E-state index in [1.54, 1.807) is 38.8 Å². The highest BCUT2D eigenvalue weighted by Gasteiger charge is 2.34. The molecule has 0 N–H and O–H groups in total. The molecule has 2 aromatic heterocycles. The topological polar surface area (TPSA) is 56.0 Å². The largest absolute Gasteiger partial charge is 0.435 e. The van der Waals surface area contributed by atoms with Crippen LogP contribution >= 0.6 is 0 Å². The van der Waals surface area contributed by atoms with E-state index in [4.69, 9.17) is 0 Å². The Bertz CT molecular complexity index is 719. The van der Waals surface area contributed by atoms with Crippen LogP contribution < -0.4 is 0 Å². The molecule has 2 heterocycles. The van der Waals surface area contributed by atoms with Crippen LogP contribution in [0.4, 0.5) is 13.2 Å². The molecule has 2 aromatic rings. The molecule has 6 nitrogen and oxygen atoms in total. The molecule has 132 valence electrons. The maximum atomic E-state index is 12.7. The second-order valence-corrected chi connectivity index (χ2v) is 5.89. The number of rotatable bonds is 5. The molecule has 0 aliphatic heterocycles. The Hall–Kier alpha value is -2.32. The third-order valence-corrected chi connectivity index (χ3v) is 3.84. The summed E-state index contributed by atoms with van der Waals surface area (Å²) in [5, 5.41) is 7.60. The third-order valence-electron chi connectivity index (χ3n) is 3.84. The maximum absolute atomic E-state index is 12.7. The maximum Gasteiger partial charge on any atom is 0.435 e. The molecule has 24 heavy (non-hydrogen) atoms. The van der Waals surface area contributed by atoms with Crippen molar-refractivity contribution in [3.05, 3.63) is 35.4 Å². The summed E-state index contributed by atoms with van der Waals surface area (Å²) in [5.41, 5.74) is 0.298. The highest BCUT2D eigenvalue weighted by Crippen LogP contribution is 2.28. The number of amides is 1. The van der Waals surface area contributed by atoms with E-state index in [-0.39, 0.29) is 12.5 Å². The molecule has 0 saturated carbocycles. The van der Waals surface area contributed by atoms with Gasteiger partial charge in [-0.05, 0) is 19.1 Å². The fourth-order valence-electron chi connectivity index (χ4n) is 2.42. The van der Waals surface area contributed by atoms with Crippen LogP contribution in [0.3, 0.4) is 0 Å².